The van der Waals surface area contributed by atoms with Crippen LogP contribution in [0.4, 0.5) is 0 Å². The molecule has 0 N–H and O–H groups in total. The highest BCUT2D eigenvalue weighted by molar-refractivity contribution is 7.26. The van der Waals surface area contributed by atoms with Crippen molar-refractivity contribution < 1.29 is 8.83 Å². The van der Waals surface area contributed by atoms with E-state index in [9.17, 15) is 0 Å². The van der Waals surface area contributed by atoms with Crippen molar-refractivity contribution in [2.45, 2.75) is 0 Å². The first-order valence-electron chi connectivity index (χ1n) is 16.8. The monoisotopic (exact) mass is 671 g/mol. The van der Waals surface area contributed by atoms with Gasteiger partial charge in [-0.2, -0.15) is 0 Å². The summed E-state index contributed by atoms with van der Waals surface area (Å²) in [5, 5.41) is 6.82. The fourth-order valence-corrected chi connectivity index (χ4v) is 8.55. The Bertz CT molecular complexity index is 3160. The van der Waals surface area contributed by atoms with E-state index in [-0.39, 0.29) is 0 Å². The Hall–Kier alpha value is -6.63. The molecular weight excluding hydrogens is 647 g/mol. The van der Waals surface area contributed by atoms with E-state index in [1.165, 1.54) is 25.7 Å². The van der Waals surface area contributed by atoms with E-state index >= 15 is 0 Å². The molecule has 0 bridgehead atoms. The lowest BCUT2D eigenvalue weighted by Crippen LogP contribution is -2.00. The van der Waals surface area contributed by atoms with Crippen LogP contribution in [0, 0.1) is 0 Å². The van der Waals surface area contributed by atoms with E-state index in [1.807, 2.05) is 65.9 Å². The summed E-state index contributed by atoms with van der Waals surface area (Å²) in [5.41, 5.74) is 8.17. The second kappa shape index (κ2) is 10.9. The quantitative estimate of drug-likeness (QED) is 0.186. The van der Waals surface area contributed by atoms with Crippen molar-refractivity contribution in [3.63, 3.8) is 0 Å². The summed E-state index contributed by atoms with van der Waals surface area (Å²) in [6, 6.07) is 52.1. The van der Waals surface area contributed by atoms with Crippen LogP contribution < -0.4 is 0 Å². The summed E-state index contributed by atoms with van der Waals surface area (Å²) >= 11 is 1.83. The fraction of sp³-hybridized carbons (Fsp3) is 0. The summed E-state index contributed by atoms with van der Waals surface area (Å²) in [4.78, 5) is 15.0. The highest BCUT2D eigenvalue weighted by atomic mass is 32.1. The minimum Gasteiger partial charge on any atom is -0.456 e. The van der Waals surface area contributed by atoms with Crippen LogP contribution in [0.5, 0.6) is 0 Å². The number of hydrogen-bond donors (Lipinski definition) is 0. The third-order valence-electron chi connectivity index (χ3n) is 9.76. The minimum absolute atomic E-state index is 0.571. The van der Waals surface area contributed by atoms with E-state index in [1.54, 1.807) is 0 Å². The Morgan fingerprint density at radius 1 is 0.373 bits per heavy atom. The molecule has 4 heterocycles. The number of thiophene rings is 1. The molecule has 0 saturated heterocycles. The van der Waals surface area contributed by atoms with E-state index in [4.69, 9.17) is 23.8 Å². The number of fused-ring (bicyclic) bond motifs is 9. The molecule has 4 aromatic heterocycles. The number of para-hydroxylation sites is 2. The summed E-state index contributed by atoms with van der Waals surface area (Å²) in [6.07, 6.45) is 0. The zero-order valence-corrected chi connectivity index (χ0v) is 27.8. The molecule has 11 aromatic rings. The third kappa shape index (κ3) is 4.43. The van der Waals surface area contributed by atoms with Gasteiger partial charge in [-0.3, -0.25) is 0 Å². The number of rotatable bonds is 4. The van der Waals surface area contributed by atoms with Crippen molar-refractivity contribution in [2.24, 2.45) is 0 Å². The molecule has 11 rings (SSSR count). The summed E-state index contributed by atoms with van der Waals surface area (Å²) in [6.45, 7) is 0. The van der Waals surface area contributed by atoms with E-state index in [0.717, 1.165) is 66.1 Å². The van der Waals surface area contributed by atoms with E-state index in [2.05, 4.69) is 97.1 Å². The lowest BCUT2D eigenvalue weighted by Gasteiger charge is -2.08. The molecule has 0 aliphatic heterocycles. The maximum Gasteiger partial charge on any atom is 0.164 e. The second-order valence-electron chi connectivity index (χ2n) is 12.8. The summed E-state index contributed by atoms with van der Waals surface area (Å²) in [7, 11) is 0. The molecule has 0 spiro atoms. The fourth-order valence-electron chi connectivity index (χ4n) is 7.32. The third-order valence-corrected chi connectivity index (χ3v) is 11.0. The number of furan rings is 2. The van der Waals surface area contributed by atoms with Crippen LogP contribution in [0.15, 0.2) is 160 Å². The van der Waals surface area contributed by atoms with Crippen LogP contribution in [0.3, 0.4) is 0 Å². The number of benzene rings is 7. The van der Waals surface area contributed by atoms with E-state index in [0.29, 0.717) is 17.5 Å². The molecule has 0 amide bonds. The van der Waals surface area contributed by atoms with Crippen LogP contribution in [0.25, 0.3) is 109 Å². The number of nitrogens with zero attached hydrogens (tertiary/aromatic N) is 3. The van der Waals surface area contributed by atoms with Gasteiger partial charge in [0.15, 0.2) is 17.5 Å². The van der Waals surface area contributed by atoms with Crippen molar-refractivity contribution in [3.05, 3.63) is 152 Å². The highest BCUT2D eigenvalue weighted by Crippen LogP contribution is 2.44. The Morgan fingerprint density at radius 2 is 0.941 bits per heavy atom. The maximum absolute atomic E-state index is 6.75. The average Bonchev–Trinajstić information content (AvgIpc) is 3.88. The molecule has 0 unspecified atom stereocenters. The Labute approximate surface area is 295 Å². The molecule has 238 valence electrons. The molecule has 0 atom stereocenters. The lowest BCUT2D eigenvalue weighted by molar-refractivity contribution is 0.669. The van der Waals surface area contributed by atoms with Crippen molar-refractivity contribution in [2.75, 3.05) is 0 Å². The lowest BCUT2D eigenvalue weighted by atomic mass is 10.00. The molecule has 0 saturated carbocycles. The zero-order chi connectivity index (χ0) is 33.5. The molecule has 7 aromatic carbocycles. The minimum atomic E-state index is 0.571. The zero-order valence-electron chi connectivity index (χ0n) is 27.0. The second-order valence-corrected chi connectivity index (χ2v) is 13.8. The Balaban J connectivity index is 1.07. The molecule has 0 aliphatic carbocycles. The van der Waals surface area contributed by atoms with Crippen molar-refractivity contribution in [1.29, 1.82) is 0 Å². The SMILES string of the molecule is c1ccc(-c2nc(-c3ccc4c(c3)oc3ccccc34)nc(-c3ccc4c(c3)oc3c(-c5cccc6c5sc5ccccc56)cccc34)n2)cc1. The van der Waals surface area contributed by atoms with E-state index < -0.39 is 0 Å². The van der Waals surface area contributed by atoms with Gasteiger partial charge in [-0.25, -0.2) is 15.0 Å². The standard InChI is InChI=1S/C45H25N3O2S/c1-2-10-26(11-3-1)43-46-44(27-20-22-30-29-12-4-6-18-37(29)49-38(30)24-27)48-45(47-43)28-21-23-31-33-14-8-15-34(41(33)50-39(31)25-28)36-17-9-16-35-32-13-5-7-19-40(32)51-42(35)36/h1-25H. The van der Waals surface area contributed by atoms with Gasteiger partial charge < -0.3 is 8.83 Å². The molecule has 0 radical (unpaired) electrons. The molecule has 6 heteroatoms. The van der Waals surface area contributed by atoms with Gasteiger partial charge in [-0.05, 0) is 36.4 Å². The smallest absolute Gasteiger partial charge is 0.164 e. The highest BCUT2D eigenvalue weighted by Gasteiger charge is 2.19. The molecule has 51 heavy (non-hydrogen) atoms. The molecular formula is C45H25N3O2S. The largest absolute Gasteiger partial charge is 0.456 e. The molecule has 5 nitrogen and oxygen atoms in total. The Morgan fingerprint density at radius 3 is 1.73 bits per heavy atom. The van der Waals surface area contributed by atoms with Crippen LogP contribution in [0.1, 0.15) is 0 Å². The van der Waals surface area contributed by atoms with Gasteiger partial charge in [0.05, 0.1) is 0 Å². The van der Waals surface area contributed by atoms with Crippen molar-refractivity contribution >= 4 is 75.4 Å². The Kier molecular flexibility index (Phi) is 6.05. The number of hydrogen-bond acceptors (Lipinski definition) is 6. The first-order valence-corrected chi connectivity index (χ1v) is 17.7. The van der Waals surface area contributed by atoms with Gasteiger partial charge in [0, 0.05) is 69.5 Å². The van der Waals surface area contributed by atoms with Crippen molar-refractivity contribution in [3.8, 4) is 45.3 Å². The predicted molar refractivity (Wildman–Crippen MR) is 209 cm³/mol. The molecule has 0 aliphatic rings. The predicted octanol–water partition coefficient (Wildman–Crippen LogP) is 12.7. The first kappa shape index (κ1) is 28.2. The topological polar surface area (TPSA) is 65.0 Å². The normalized spacial score (nSPS) is 11.9. The van der Waals surface area contributed by atoms with Crippen LogP contribution >= 0.6 is 11.3 Å². The van der Waals surface area contributed by atoms with Crippen LogP contribution in [0.2, 0.25) is 0 Å². The molecule has 0 fully saturated rings. The van der Waals surface area contributed by atoms with Crippen LogP contribution in [-0.4, -0.2) is 15.0 Å². The summed E-state index contributed by atoms with van der Waals surface area (Å²) in [5.74, 6) is 1.74. The van der Waals surface area contributed by atoms with Gasteiger partial charge in [-0.1, -0.05) is 115 Å². The van der Waals surface area contributed by atoms with Gasteiger partial charge in [0.25, 0.3) is 0 Å². The summed E-state index contributed by atoms with van der Waals surface area (Å²) < 4.78 is 15.5. The van der Waals surface area contributed by atoms with Gasteiger partial charge in [-0.15, -0.1) is 11.3 Å². The number of aromatic nitrogens is 3. The van der Waals surface area contributed by atoms with Crippen LogP contribution in [-0.2, 0) is 0 Å². The average molecular weight is 672 g/mol. The van der Waals surface area contributed by atoms with Crippen molar-refractivity contribution in [1.82, 2.24) is 15.0 Å². The van der Waals surface area contributed by atoms with Gasteiger partial charge in [0.1, 0.15) is 22.3 Å². The first-order chi connectivity index (χ1) is 25.2. The van der Waals surface area contributed by atoms with Gasteiger partial charge in [0.2, 0.25) is 0 Å². The maximum atomic E-state index is 6.75. The van der Waals surface area contributed by atoms with Gasteiger partial charge >= 0.3 is 0 Å².